The maximum absolute atomic E-state index is 12.6. The molecule has 1 heterocycles. The van der Waals surface area contributed by atoms with Crippen molar-refractivity contribution in [2.75, 3.05) is 13.7 Å². The molecule has 2 rings (SSSR count). The lowest BCUT2D eigenvalue weighted by Gasteiger charge is -2.19. The minimum Gasteiger partial charge on any atom is -0.497 e. The Bertz CT molecular complexity index is 805. The van der Waals surface area contributed by atoms with Crippen molar-refractivity contribution in [2.45, 2.75) is 26.3 Å². The number of nitrogens with one attached hydrogen (secondary N) is 1. The van der Waals surface area contributed by atoms with E-state index in [9.17, 15) is 14.4 Å². The quantitative estimate of drug-likeness (QED) is 0.491. The van der Waals surface area contributed by atoms with Crippen LogP contribution in [0.3, 0.4) is 0 Å². The van der Waals surface area contributed by atoms with Gasteiger partial charge in [-0.1, -0.05) is 50.0 Å². The highest BCUT2D eigenvalue weighted by atomic mass is 32.2. The van der Waals surface area contributed by atoms with Crippen LogP contribution in [0.25, 0.3) is 6.08 Å². The van der Waals surface area contributed by atoms with Crippen molar-refractivity contribution in [1.82, 2.24) is 10.2 Å². The van der Waals surface area contributed by atoms with Gasteiger partial charge in [0.2, 0.25) is 5.91 Å². The molecule has 7 nitrogen and oxygen atoms in total. The summed E-state index contributed by atoms with van der Waals surface area (Å²) in [7, 11) is 1.58. The maximum Gasteiger partial charge on any atom is 0.326 e. The van der Waals surface area contributed by atoms with Gasteiger partial charge < -0.3 is 15.2 Å². The molecule has 150 valence electrons. The summed E-state index contributed by atoms with van der Waals surface area (Å²) in [4.78, 5) is 37.7. The summed E-state index contributed by atoms with van der Waals surface area (Å²) in [6.07, 6.45) is 1.71. The number of ether oxygens (including phenoxy) is 1. The van der Waals surface area contributed by atoms with Crippen LogP contribution < -0.4 is 10.1 Å². The number of carbonyl (C=O) groups is 3. The number of amides is 2. The number of hydrogen-bond donors (Lipinski definition) is 2. The molecule has 0 aromatic heterocycles. The summed E-state index contributed by atoms with van der Waals surface area (Å²) >= 11 is 6.43. The van der Waals surface area contributed by atoms with Crippen LogP contribution >= 0.6 is 24.0 Å². The molecule has 0 saturated carbocycles. The standard InChI is InChI=1S/C19H22N2O5S2/c1-11(2)16(18(24)25)20-15(22)8-9-21-17(23)14(28-19(21)27)10-12-4-6-13(26-3)7-5-12/h4-7,10-11,16H,8-9H2,1-3H3,(H,20,22)(H,24,25)/b14-10-. The zero-order valence-electron chi connectivity index (χ0n) is 15.8. The molecule has 0 spiro atoms. The van der Waals surface area contributed by atoms with Crippen molar-refractivity contribution >= 4 is 52.2 Å². The van der Waals surface area contributed by atoms with E-state index in [1.54, 1.807) is 39.2 Å². The average Bonchev–Trinajstić information content (AvgIpc) is 2.91. The SMILES string of the molecule is COc1ccc(/C=C2\SC(=S)N(CCC(=O)NC(C(=O)O)C(C)C)C2=O)cc1. The van der Waals surface area contributed by atoms with Gasteiger partial charge in [-0.2, -0.15) is 0 Å². The predicted octanol–water partition coefficient (Wildman–Crippen LogP) is 2.51. The Balaban J connectivity index is 1.98. The van der Waals surface area contributed by atoms with E-state index < -0.39 is 17.9 Å². The van der Waals surface area contributed by atoms with Gasteiger partial charge in [0.05, 0.1) is 12.0 Å². The second-order valence-corrected chi connectivity index (χ2v) is 8.16. The summed E-state index contributed by atoms with van der Waals surface area (Å²) < 4.78 is 5.48. The first-order valence-corrected chi connectivity index (χ1v) is 9.87. The zero-order chi connectivity index (χ0) is 20.8. The number of hydrogen-bond acceptors (Lipinski definition) is 6. The third-order valence-corrected chi connectivity index (χ3v) is 5.48. The molecule has 1 unspecified atom stereocenters. The number of carboxylic acid groups (broad SMARTS) is 1. The number of rotatable bonds is 8. The van der Waals surface area contributed by atoms with E-state index >= 15 is 0 Å². The maximum atomic E-state index is 12.6. The normalized spacial score (nSPS) is 16.6. The number of carbonyl (C=O) groups excluding carboxylic acids is 2. The Morgan fingerprint density at radius 2 is 1.96 bits per heavy atom. The predicted molar refractivity (Wildman–Crippen MR) is 112 cm³/mol. The van der Waals surface area contributed by atoms with Gasteiger partial charge in [0.15, 0.2) is 0 Å². The lowest BCUT2D eigenvalue weighted by atomic mass is 10.0. The topological polar surface area (TPSA) is 95.9 Å². The van der Waals surface area contributed by atoms with Gasteiger partial charge in [0.25, 0.3) is 5.91 Å². The van der Waals surface area contributed by atoms with E-state index in [0.29, 0.717) is 9.23 Å². The van der Waals surface area contributed by atoms with Gasteiger partial charge in [-0.25, -0.2) is 4.79 Å². The number of thioether (sulfide) groups is 1. The van der Waals surface area contributed by atoms with Gasteiger partial charge in [0, 0.05) is 13.0 Å². The molecule has 0 aliphatic carbocycles. The Hall–Kier alpha value is -2.39. The fourth-order valence-electron chi connectivity index (χ4n) is 2.52. The number of nitrogens with zero attached hydrogens (tertiary/aromatic N) is 1. The summed E-state index contributed by atoms with van der Waals surface area (Å²) in [5.41, 5.74) is 0.834. The smallest absolute Gasteiger partial charge is 0.326 e. The molecule has 9 heteroatoms. The Morgan fingerprint density at radius 3 is 2.50 bits per heavy atom. The van der Waals surface area contributed by atoms with Gasteiger partial charge in [-0.15, -0.1) is 0 Å². The van der Waals surface area contributed by atoms with Crippen molar-refractivity contribution in [3.05, 3.63) is 34.7 Å². The van der Waals surface area contributed by atoms with E-state index in [0.717, 1.165) is 11.3 Å². The highest BCUT2D eigenvalue weighted by Gasteiger charge is 2.32. The van der Waals surface area contributed by atoms with Crippen LogP contribution in [0.2, 0.25) is 0 Å². The van der Waals surface area contributed by atoms with Crippen LogP contribution in [0.4, 0.5) is 0 Å². The molecular weight excluding hydrogens is 400 g/mol. The molecule has 1 aromatic rings. The molecule has 1 saturated heterocycles. The number of aliphatic carboxylic acids is 1. The summed E-state index contributed by atoms with van der Waals surface area (Å²) in [6.45, 7) is 3.52. The molecule has 2 amide bonds. The molecule has 1 aliphatic heterocycles. The fraction of sp³-hybridized carbons (Fsp3) is 0.368. The van der Waals surface area contributed by atoms with Crippen LogP contribution in [0.15, 0.2) is 29.2 Å². The second kappa shape index (κ2) is 9.70. The zero-order valence-corrected chi connectivity index (χ0v) is 17.4. The van der Waals surface area contributed by atoms with E-state index in [4.69, 9.17) is 22.1 Å². The molecule has 1 atom stereocenters. The molecule has 1 fully saturated rings. The highest BCUT2D eigenvalue weighted by molar-refractivity contribution is 8.26. The third kappa shape index (κ3) is 5.56. The van der Waals surface area contributed by atoms with Crippen LogP contribution in [0.5, 0.6) is 5.75 Å². The molecule has 1 aliphatic rings. The molecular formula is C19H22N2O5S2. The second-order valence-electron chi connectivity index (χ2n) is 6.48. The van der Waals surface area contributed by atoms with Crippen molar-refractivity contribution in [3.63, 3.8) is 0 Å². The lowest BCUT2D eigenvalue weighted by molar-refractivity contribution is -0.143. The van der Waals surface area contributed by atoms with Crippen molar-refractivity contribution in [2.24, 2.45) is 5.92 Å². The van der Waals surface area contributed by atoms with Gasteiger partial charge in [-0.3, -0.25) is 14.5 Å². The van der Waals surface area contributed by atoms with E-state index in [1.165, 1.54) is 16.7 Å². The highest BCUT2D eigenvalue weighted by Crippen LogP contribution is 2.32. The molecule has 28 heavy (non-hydrogen) atoms. The molecule has 0 bridgehead atoms. The minimum atomic E-state index is -1.09. The molecule has 1 aromatic carbocycles. The molecule has 0 radical (unpaired) electrons. The Kier molecular flexibility index (Phi) is 7.59. The van der Waals surface area contributed by atoms with Crippen LogP contribution in [-0.4, -0.2) is 51.8 Å². The number of methoxy groups -OCH3 is 1. The van der Waals surface area contributed by atoms with Crippen LogP contribution in [-0.2, 0) is 14.4 Å². The summed E-state index contributed by atoms with van der Waals surface area (Å²) in [5.74, 6) is -1.31. The first-order valence-electron chi connectivity index (χ1n) is 8.64. The summed E-state index contributed by atoms with van der Waals surface area (Å²) in [6, 6.07) is 6.29. The average molecular weight is 423 g/mol. The van der Waals surface area contributed by atoms with Gasteiger partial charge >= 0.3 is 5.97 Å². The Labute approximate surface area is 173 Å². The molecule has 2 N–H and O–H groups in total. The number of thiocarbonyl (C=S) groups is 1. The number of benzene rings is 1. The monoisotopic (exact) mass is 422 g/mol. The fourth-order valence-corrected chi connectivity index (χ4v) is 3.83. The minimum absolute atomic E-state index is 0.0290. The van der Waals surface area contributed by atoms with Gasteiger partial charge in [0.1, 0.15) is 16.1 Å². The van der Waals surface area contributed by atoms with Crippen molar-refractivity contribution < 1.29 is 24.2 Å². The van der Waals surface area contributed by atoms with Crippen LogP contribution in [0, 0.1) is 5.92 Å². The first kappa shape index (κ1) is 21.9. The van der Waals surface area contributed by atoms with E-state index in [1.807, 2.05) is 12.1 Å². The van der Waals surface area contributed by atoms with Crippen molar-refractivity contribution in [3.8, 4) is 5.75 Å². The first-order chi connectivity index (χ1) is 13.2. The van der Waals surface area contributed by atoms with Gasteiger partial charge in [-0.05, 0) is 29.7 Å². The summed E-state index contributed by atoms with van der Waals surface area (Å²) in [5, 5.41) is 11.6. The van der Waals surface area contributed by atoms with E-state index in [2.05, 4.69) is 5.32 Å². The largest absolute Gasteiger partial charge is 0.497 e. The van der Waals surface area contributed by atoms with Crippen LogP contribution in [0.1, 0.15) is 25.8 Å². The number of carboxylic acids is 1. The van der Waals surface area contributed by atoms with Crippen molar-refractivity contribution in [1.29, 1.82) is 0 Å². The Morgan fingerprint density at radius 1 is 1.32 bits per heavy atom. The van der Waals surface area contributed by atoms with E-state index in [-0.39, 0.29) is 24.8 Å². The third-order valence-electron chi connectivity index (χ3n) is 4.10. The lowest BCUT2D eigenvalue weighted by Crippen LogP contribution is -2.45.